The lowest BCUT2D eigenvalue weighted by atomic mass is 9.90. The fourth-order valence-electron chi connectivity index (χ4n) is 2.96. The molecule has 0 unspecified atom stereocenters. The van der Waals surface area contributed by atoms with E-state index in [1.807, 2.05) is 0 Å². The molecule has 0 heterocycles. The Morgan fingerprint density at radius 2 is 1.71 bits per heavy atom. The lowest BCUT2D eigenvalue weighted by Gasteiger charge is -2.37. The number of amides is 2. The van der Waals surface area contributed by atoms with E-state index in [9.17, 15) is 29.7 Å². The number of hydrogen-bond donors (Lipinski definition) is 4. The molecule has 9 heteroatoms. The number of aromatic hydroxyl groups is 2. The number of phenols is 2. The zero-order valence-electron chi connectivity index (χ0n) is 17.5. The van der Waals surface area contributed by atoms with Crippen molar-refractivity contribution in [2.24, 2.45) is 0 Å². The van der Waals surface area contributed by atoms with Crippen molar-refractivity contribution in [2.45, 2.75) is 38.5 Å². The molecule has 0 aliphatic heterocycles. The second-order valence-electron chi connectivity index (χ2n) is 7.30. The highest BCUT2D eigenvalue weighted by Gasteiger charge is 2.48. The summed E-state index contributed by atoms with van der Waals surface area (Å²) in [5.74, 6) is -3.04. The van der Waals surface area contributed by atoms with E-state index in [0.29, 0.717) is 16.0 Å². The number of nitrogens with one attached hydrogen (secondary N) is 1. The topological polar surface area (TPSA) is 136 Å². The average molecular weight is 430 g/mol. The van der Waals surface area contributed by atoms with Crippen molar-refractivity contribution in [1.82, 2.24) is 10.2 Å². The molecule has 0 aromatic heterocycles. The summed E-state index contributed by atoms with van der Waals surface area (Å²) in [5.41, 5.74) is -1.06. The van der Waals surface area contributed by atoms with Gasteiger partial charge in [0.05, 0.1) is 6.04 Å². The van der Waals surface area contributed by atoms with Crippen molar-refractivity contribution < 1.29 is 34.4 Å². The molecule has 2 rings (SSSR count). The number of rotatable bonds is 8. The van der Waals surface area contributed by atoms with Crippen LogP contribution in [0.4, 0.5) is 4.79 Å². The second-order valence-corrected chi connectivity index (χ2v) is 7.30. The highest BCUT2D eigenvalue weighted by molar-refractivity contribution is 6.00. The van der Waals surface area contributed by atoms with E-state index in [1.165, 1.54) is 39.1 Å². The number of ether oxygens (including phenoxy) is 1. The lowest BCUT2D eigenvalue weighted by Crippen LogP contribution is -2.62. The molecule has 0 aliphatic rings. The predicted molar refractivity (Wildman–Crippen MR) is 112 cm³/mol. The van der Waals surface area contributed by atoms with Gasteiger partial charge in [-0.05, 0) is 44.2 Å². The van der Waals surface area contributed by atoms with Crippen LogP contribution in [0, 0.1) is 0 Å². The van der Waals surface area contributed by atoms with Gasteiger partial charge in [-0.3, -0.25) is 4.79 Å². The monoisotopic (exact) mass is 430 g/mol. The molecule has 0 bridgehead atoms. The van der Waals surface area contributed by atoms with Crippen LogP contribution in [0.2, 0.25) is 0 Å². The number of imide groups is 1. The predicted octanol–water partition coefficient (Wildman–Crippen LogP) is 2.26. The van der Waals surface area contributed by atoms with Crippen LogP contribution in [-0.4, -0.2) is 56.8 Å². The van der Waals surface area contributed by atoms with E-state index in [2.05, 4.69) is 5.32 Å². The van der Waals surface area contributed by atoms with Gasteiger partial charge in [0.2, 0.25) is 5.91 Å². The molecule has 31 heavy (non-hydrogen) atoms. The number of carbonyl (C=O) groups excluding carboxylic acids is 2. The Labute approximate surface area is 179 Å². The number of aliphatic carboxylic acids is 1. The number of carboxylic acids is 1. The average Bonchev–Trinajstić information content (AvgIpc) is 2.74. The Bertz CT molecular complexity index is 948. The third kappa shape index (κ3) is 5.52. The lowest BCUT2D eigenvalue weighted by molar-refractivity contribution is -0.156. The molecule has 0 saturated heterocycles. The van der Waals surface area contributed by atoms with Gasteiger partial charge in [-0.25, -0.2) is 14.5 Å². The van der Waals surface area contributed by atoms with Crippen molar-refractivity contribution in [3.63, 3.8) is 0 Å². The fraction of sp³-hybridized carbons (Fsp3) is 0.318. The molecule has 2 aromatic carbocycles. The SMILES string of the molecule is CN[C@@H](C)C(=O)N(C(=O)OCc1ccccc1)[C@@](C)(Cc1ccc(O)c(O)c1)C(=O)O. The standard InChI is InChI=1S/C22H26N2O7/c1-14(23-3)19(27)24(21(30)31-13-15-7-5-4-6-8-15)22(2,20(28)29)12-16-9-10-17(25)18(26)11-16/h4-11,14,23,25-26H,12-13H2,1-3H3,(H,28,29)/t14-,22-/m0/s1. The summed E-state index contributed by atoms with van der Waals surface area (Å²) in [6.07, 6.45) is -1.43. The molecule has 0 aliphatic carbocycles. The number of hydrogen-bond acceptors (Lipinski definition) is 7. The highest BCUT2D eigenvalue weighted by Crippen LogP contribution is 2.30. The molecule has 2 amide bonds. The van der Waals surface area contributed by atoms with Crippen LogP contribution < -0.4 is 5.32 Å². The fourth-order valence-corrected chi connectivity index (χ4v) is 2.96. The van der Waals surface area contributed by atoms with Crippen molar-refractivity contribution >= 4 is 18.0 Å². The molecule has 9 nitrogen and oxygen atoms in total. The first-order valence-electron chi connectivity index (χ1n) is 9.56. The highest BCUT2D eigenvalue weighted by atomic mass is 16.6. The number of nitrogens with zero attached hydrogens (tertiary/aromatic N) is 1. The summed E-state index contributed by atoms with van der Waals surface area (Å²) >= 11 is 0. The van der Waals surface area contributed by atoms with Gasteiger partial charge in [-0.2, -0.15) is 0 Å². The summed E-state index contributed by atoms with van der Waals surface area (Å²) in [5, 5.41) is 31.9. The van der Waals surface area contributed by atoms with Crippen LogP contribution in [0.25, 0.3) is 0 Å². The smallest absolute Gasteiger partial charge is 0.417 e. The van der Waals surface area contributed by atoms with E-state index < -0.39 is 35.3 Å². The maximum absolute atomic E-state index is 13.0. The molecular formula is C22H26N2O7. The van der Waals surface area contributed by atoms with E-state index in [0.717, 1.165) is 0 Å². The Balaban J connectivity index is 2.41. The first-order chi connectivity index (χ1) is 14.6. The maximum atomic E-state index is 13.0. The van der Waals surface area contributed by atoms with Crippen molar-refractivity contribution in [2.75, 3.05) is 7.05 Å². The van der Waals surface area contributed by atoms with Gasteiger partial charge in [-0.15, -0.1) is 0 Å². The minimum absolute atomic E-state index is 0.146. The molecule has 0 spiro atoms. The summed E-state index contributed by atoms with van der Waals surface area (Å²) in [6.45, 7) is 2.57. The van der Waals surface area contributed by atoms with Crippen molar-refractivity contribution in [3.8, 4) is 11.5 Å². The third-order valence-corrected chi connectivity index (χ3v) is 4.95. The van der Waals surface area contributed by atoms with Gasteiger partial charge in [0.1, 0.15) is 6.61 Å². The molecule has 0 fully saturated rings. The number of benzene rings is 2. The first kappa shape index (κ1) is 23.7. The van der Waals surface area contributed by atoms with Crippen molar-refractivity contribution in [3.05, 3.63) is 59.7 Å². The quantitative estimate of drug-likeness (QED) is 0.468. The summed E-state index contributed by atoms with van der Waals surface area (Å²) in [7, 11) is 1.51. The van der Waals surface area contributed by atoms with Crippen LogP contribution in [0.3, 0.4) is 0 Å². The molecular weight excluding hydrogens is 404 g/mol. The van der Waals surface area contributed by atoms with E-state index in [1.54, 1.807) is 30.3 Å². The molecule has 0 saturated carbocycles. The summed E-state index contributed by atoms with van der Waals surface area (Å²) in [4.78, 5) is 38.8. The Morgan fingerprint density at radius 3 is 2.26 bits per heavy atom. The van der Waals surface area contributed by atoms with Gasteiger partial charge in [0, 0.05) is 6.42 Å². The van der Waals surface area contributed by atoms with Crippen LogP contribution in [0.5, 0.6) is 11.5 Å². The molecule has 2 aromatic rings. The molecule has 2 atom stereocenters. The van der Waals surface area contributed by atoms with Gasteiger partial charge in [0.25, 0.3) is 0 Å². The van der Waals surface area contributed by atoms with Gasteiger partial charge in [-0.1, -0.05) is 36.4 Å². The van der Waals surface area contributed by atoms with Crippen LogP contribution in [0.15, 0.2) is 48.5 Å². The zero-order valence-corrected chi connectivity index (χ0v) is 17.5. The Kier molecular flexibility index (Phi) is 7.60. The third-order valence-electron chi connectivity index (χ3n) is 4.95. The van der Waals surface area contributed by atoms with E-state index in [4.69, 9.17) is 4.74 Å². The largest absolute Gasteiger partial charge is 0.504 e. The molecule has 4 N–H and O–H groups in total. The van der Waals surface area contributed by atoms with Crippen LogP contribution in [0.1, 0.15) is 25.0 Å². The minimum atomic E-state index is -2.03. The normalized spacial score (nSPS) is 13.6. The maximum Gasteiger partial charge on any atom is 0.417 e. The van der Waals surface area contributed by atoms with Gasteiger partial charge in [0.15, 0.2) is 17.0 Å². The molecule has 166 valence electrons. The zero-order chi connectivity index (χ0) is 23.2. The summed E-state index contributed by atoms with van der Waals surface area (Å²) < 4.78 is 5.27. The van der Waals surface area contributed by atoms with E-state index >= 15 is 0 Å². The Morgan fingerprint density at radius 1 is 1.06 bits per heavy atom. The van der Waals surface area contributed by atoms with Gasteiger partial charge >= 0.3 is 12.1 Å². The number of carboxylic acid groups (broad SMARTS) is 1. The van der Waals surface area contributed by atoms with Gasteiger partial charge < -0.3 is 25.4 Å². The number of carbonyl (C=O) groups is 3. The second kappa shape index (κ2) is 9.94. The Hall–Kier alpha value is -3.59. The van der Waals surface area contributed by atoms with Crippen molar-refractivity contribution in [1.29, 1.82) is 0 Å². The van der Waals surface area contributed by atoms with Crippen LogP contribution in [-0.2, 0) is 27.4 Å². The van der Waals surface area contributed by atoms with E-state index in [-0.39, 0.29) is 18.8 Å². The van der Waals surface area contributed by atoms with Crippen LogP contribution >= 0.6 is 0 Å². The first-order valence-corrected chi connectivity index (χ1v) is 9.56. The summed E-state index contributed by atoms with van der Waals surface area (Å²) in [6, 6.07) is 11.7. The number of phenolic OH excluding ortho intramolecular Hbond substituents is 2. The number of likely N-dealkylation sites (N-methyl/N-ethyl adjacent to an activating group) is 1. The molecule has 0 radical (unpaired) electrons. The minimum Gasteiger partial charge on any atom is -0.504 e.